The molecule has 3 atom stereocenters. The van der Waals surface area contributed by atoms with Gasteiger partial charge >= 0.3 is 5.97 Å². The molecule has 2 N–H and O–H groups in total. The van der Waals surface area contributed by atoms with E-state index in [9.17, 15) is 4.79 Å². The van der Waals surface area contributed by atoms with Crippen molar-refractivity contribution in [2.45, 2.75) is 50.6 Å². The van der Waals surface area contributed by atoms with Gasteiger partial charge in [-0.05, 0) is 38.1 Å². The molecule has 0 amide bonds. The molecule has 4 heteroatoms. The van der Waals surface area contributed by atoms with Gasteiger partial charge in [-0.3, -0.25) is 9.69 Å². The fourth-order valence-electron chi connectivity index (χ4n) is 3.43. The summed E-state index contributed by atoms with van der Waals surface area (Å²) in [5, 5.41) is 0. The molecule has 0 aromatic rings. The number of piperidine rings is 1. The van der Waals surface area contributed by atoms with E-state index in [-0.39, 0.29) is 5.97 Å². The number of rotatable bonds is 3. The molecule has 0 aromatic carbocycles. The molecule has 1 saturated heterocycles. The fraction of sp³-hybridized carbons (Fsp3) is 0.923. The van der Waals surface area contributed by atoms with E-state index in [0.29, 0.717) is 12.6 Å². The highest BCUT2D eigenvalue weighted by Gasteiger charge is 2.34. The average Bonchev–Trinajstić information content (AvgIpc) is 2.38. The van der Waals surface area contributed by atoms with E-state index in [1.165, 1.54) is 45.6 Å². The number of ether oxygens (including phenoxy) is 1. The highest BCUT2D eigenvalue weighted by Crippen LogP contribution is 2.35. The van der Waals surface area contributed by atoms with Crippen molar-refractivity contribution in [1.29, 1.82) is 0 Å². The van der Waals surface area contributed by atoms with Gasteiger partial charge in [0.05, 0.1) is 7.11 Å². The molecule has 0 aromatic heterocycles. The van der Waals surface area contributed by atoms with Crippen LogP contribution in [0.1, 0.15) is 38.5 Å². The summed E-state index contributed by atoms with van der Waals surface area (Å²) in [4.78, 5) is 13.8. The number of likely N-dealkylation sites (tertiary alicyclic amines) is 1. The van der Waals surface area contributed by atoms with Gasteiger partial charge in [-0.2, -0.15) is 0 Å². The molecule has 0 spiro atoms. The number of methoxy groups -OCH3 is 1. The number of nitrogens with two attached hydrogens (primary N) is 1. The van der Waals surface area contributed by atoms with Crippen LogP contribution in [0, 0.1) is 5.92 Å². The van der Waals surface area contributed by atoms with E-state index in [4.69, 9.17) is 10.5 Å². The summed E-state index contributed by atoms with van der Waals surface area (Å²) in [5.74, 6) is 0.547. The van der Waals surface area contributed by atoms with Gasteiger partial charge in [0.2, 0.25) is 0 Å². The van der Waals surface area contributed by atoms with Crippen LogP contribution in [-0.4, -0.2) is 43.2 Å². The highest BCUT2D eigenvalue weighted by atomic mass is 16.5. The first-order chi connectivity index (χ1) is 8.22. The zero-order chi connectivity index (χ0) is 12.3. The van der Waals surface area contributed by atoms with Gasteiger partial charge < -0.3 is 10.5 Å². The van der Waals surface area contributed by atoms with Crippen LogP contribution in [0.15, 0.2) is 0 Å². The largest absolute Gasteiger partial charge is 0.468 e. The molecular formula is C13H24N2O2. The van der Waals surface area contributed by atoms with Crippen LogP contribution in [-0.2, 0) is 9.53 Å². The Morgan fingerprint density at radius 3 is 2.82 bits per heavy atom. The van der Waals surface area contributed by atoms with Gasteiger partial charge in [-0.25, -0.2) is 0 Å². The summed E-state index contributed by atoms with van der Waals surface area (Å²) in [5.41, 5.74) is 5.86. The molecule has 0 radical (unpaired) electrons. The predicted octanol–water partition coefficient (Wildman–Crippen LogP) is 1.14. The Hall–Kier alpha value is -0.610. The summed E-state index contributed by atoms with van der Waals surface area (Å²) in [6.07, 6.45) is 7.93. The van der Waals surface area contributed by atoms with Crippen LogP contribution in [0.2, 0.25) is 0 Å². The zero-order valence-electron chi connectivity index (χ0n) is 10.7. The molecule has 1 heterocycles. The molecule has 17 heavy (non-hydrogen) atoms. The minimum atomic E-state index is -0.485. The van der Waals surface area contributed by atoms with Gasteiger partial charge in [0.15, 0.2) is 0 Å². The van der Waals surface area contributed by atoms with Crippen LogP contribution in [0.3, 0.4) is 0 Å². The van der Waals surface area contributed by atoms with E-state index in [1.807, 2.05) is 0 Å². The molecule has 1 aliphatic carbocycles. The van der Waals surface area contributed by atoms with E-state index < -0.39 is 6.04 Å². The van der Waals surface area contributed by atoms with Crippen molar-refractivity contribution in [3.05, 3.63) is 0 Å². The van der Waals surface area contributed by atoms with E-state index in [0.717, 1.165) is 12.5 Å². The second-order valence-corrected chi connectivity index (χ2v) is 5.38. The van der Waals surface area contributed by atoms with Gasteiger partial charge in [0.1, 0.15) is 6.04 Å². The Bertz CT molecular complexity index is 268. The van der Waals surface area contributed by atoms with Gasteiger partial charge in [-0.1, -0.05) is 12.8 Å². The first-order valence-corrected chi connectivity index (χ1v) is 6.80. The first kappa shape index (κ1) is 12.8. The quantitative estimate of drug-likeness (QED) is 0.752. The summed E-state index contributed by atoms with van der Waals surface area (Å²) in [6.45, 7) is 1.75. The lowest BCUT2D eigenvalue weighted by Gasteiger charge is -2.44. The SMILES string of the molecule is COC(=O)C(N)CN1CCCC2CCCCC21. The van der Waals surface area contributed by atoms with Gasteiger partial charge in [-0.15, -0.1) is 0 Å². The van der Waals surface area contributed by atoms with Gasteiger partial charge in [0, 0.05) is 12.6 Å². The number of fused-ring (bicyclic) bond motifs is 1. The topological polar surface area (TPSA) is 55.6 Å². The van der Waals surface area contributed by atoms with Crippen molar-refractivity contribution in [3.63, 3.8) is 0 Å². The van der Waals surface area contributed by atoms with Crippen molar-refractivity contribution in [3.8, 4) is 0 Å². The minimum Gasteiger partial charge on any atom is -0.468 e. The summed E-state index contributed by atoms with van der Waals surface area (Å²) in [6, 6.07) is 0.175. The Morgan fingerprint density at radius 1 is 1.35 bits per heavy atom. The molecule has 4 nitrogen and oxygen atoms in total. The van der Waals surface area contributed by atoms with E-state index in [2.05, 4.69) is 4.90 Å². The zero-order valence-corrected chi connectivity index (χ0v) is 10.7. The van der Waals surface area contributed by atoms with Crippen LogP contribution >= 0.6 is 0 Å². The monoisotopic (exact) mass is 240 g/mol. The molecule has 2 aliphatic rings. The molecule has 2 fully saturated rings. The number of esters is 1. The lowest BCUT2D eigenvalue weighted by atomic mass is 9.78. The predicted molar refractivity (Wildman–Crippen MR) is 66.5 cm³/mol. The molecule has 98 valence electrons. The Balaban J connectivity index is 1.92. The normalized spacial score (nSPS) is 31.6. The maximum absolute atomic E-state index is 11.4. The lowest BCUT2D eigenvalue weighted by Crippen LogP contribution is -2.52. The number of hydrogen-bond acceptors (Lipinski definition) is 4. The smallest absolute Gasteiger partial charge is 0.323 e. The highest BCUT2D eigenvalue weighted by molar-refractivity contribution is 5.75. The minimum absolute atomic E-state index is 0.289. The van der Waals surface area contributed by atoms with Crippen molar-refractivity contribution in [1.82, 2.24) is 4.90 Å². The molecule has 0 bridgehead atoms. The summed E-state index contributed by atoms with van der Waals surface area (Å²) < 4.78 is 4.70. The molecule has 1 aliphatic heterocycles. The van der Waals surface area contributed by atoms with Gasteiger partial charge in [0.25, 0.3) is 0 Å². The van der Waals surface area contributed by atoms with Crippen LogP contribution in [0.5, 0.6) is 0 Å². The van der Waals surface area contributed by atoms with Crippen molar-refractivity contribution >= 4 is 5.97 Å². The van der Waals surface area contributed by atoms with Crippen LogP contribution < -0.4 is 5.73 Å². The second-order valence-electron chi connectivity index (χ2n) is 5.38. The second kappa shape index (κ2) is 5.83. The van der Waals surface area contributed by atoms with Crippen molar-refractivity contribution < 1.29 is 9.53 Å². The molecular weight excluding hydrogens is 216 g/mol. The number of hydrogen-bond donors (Lipinski definition) is 1. The molecule has 1 saturated carbocycles. The Morgan fingerprint density at radius 2 is 2.06 bits per heavy atom. The third kappa shape index (κ3) is 2.99. The third-order valence-corrected chi connectivity index (χ3v) is 4.29. The lowest BCUT2D eigenvalue weighted by molar-refractivity contribution is -0.143. The standard InChI is InChI=1S/C13H24N2O2/c1-17-13(16)11(14)9-15-8-4-6-10-5-2-3-7-12(10)15/h10-12H,2-9,14H2,1H3. The molecule has 3 unspecified atom stereocenters. The number of carbonyl (C=O) groups excluding carboxylic acids is 1. The Kier molecular flexibility index (Phi) is 4.40. The summed E-state index contributed by atoms with van der Waals surface area (Å²) in [7, 11) is 1.40. The third-order valence-electron chi connectivity index (χ3n) is 4.29. The first-order valence-electron chi connectivity index (χ1n) is 6.80. The number of nitrogens with zero attached hydrogens (tertiary/aromatic N) is 1. The van der Waals surface area contributed by atoms with Crippen LogP contribution in [0.4, 0.5) is 0 Å². The maximum Gasteiger partial charge on any atom is 0.323 e. The Labute approximate surface area is 103 Å². The molecule has 2 rings (SSSR count). The number of carbonyl (C=O) groups is 1. The fourth-order valence-corrected chi connectivity index (χ4v) is 3.43. The van der Waals surface area contributed by atoms with E-state index >= 15 is 0 Å². The maximum atomic E-state index is 11.4. The van der Waals surface area contributed by atoms with Crippen LogP contribution in [0.25, 0.3) is 0 Å². The van der Waals surface area contributed by atoms with Crippen molar-refractivity contribution in [2.24, 2.45) is 11.7 Å². The van der Waals surface area contributed by atoms with E-state index in [1.54, 1.807) is 0 Å². The average molecular weight is 240 g/mol. The van der Waals surface area contributed by atoms with Crippen molar-refractivity contribution in [2.75, 3.05) is 20.2 Å². The summed E-state index contributed by atoms with van der Waals surface area (Å²) >= 11 is 0.